The van der Waals surface area contributed by atoms with E-state index >= 15 is 0 Å². The van der Waals surface area contributed by atoms with Crippen LogP contribution in [0, 0.1) is 11.8 Å². The van der Waals surface area contributed by atoms with Crippen molar-refractivity contribution in [3.63, 3.8) is 0 Å². The Kier molecular flexibility index (Phi) is 5.16. The summed E-state index contributed by atoms with van der Waals surface area (Å²) in [7, 11) is 0. The number of hydrogen-bond donors (Lipinski definition) is 2. The van der Waals surface area contributed by atoms with E-state index in [1.807, 2.05) is 0 Å². The molecule has 19 heavy (non-hydrogen) atoms. The number of hydrogen-bond acceptors (Lipinski definition) is 3. The molecule has 2 N–H and O–H groups in total. The zero-order valence-electron chi connectivity index (χ0n) is 11.2. The number of aromatic nitrogens is 1. The van der Waals surface area contributed by atoms with Crippen molar-refractivity contribution < 1.29 is 4.79 Å². The van der Waals surface area contributed by atoms with Gasteiger partial charge in [-0.2, -0.15) is 0 Å². The van der Waals surface area contributed by atoms with Crippen LogP contribution in [0.3, 0.4) is 0 Å². The van der Waals surface area contributed by atoms with E-state index in [4.69, 9.17) is 11.6 Å². The third-order valence-corrected chi connectivity index (χ3v) is 3.86. The minimum atomic E-state index is 0.0420. The van der Waals surface area contributed by atoms with Gasteiger partial charge in [-0.15, -0.1) is 0 Å². The van der Waals surface area contributed by atoms with E-state index in [-0.39, 0.29) is 5.91 Å². The molecule has 0 saturated carbocycles. The zero-order valence-corrected chi connectivity index (χ0v) is 11.9. The van der Waals surface area contributed by atoms with Crippen LogP contribution >= 0.6 is 11.6 Å². The topological polar surface area (TPSA) is 54.0 Å². The molecule has 0 spiro atoms. The van der Waals surface area contributed by atoms with Crippen molar-refractivity contribution in [3.05, 3.63) is 23.5 Å². The molecule has 0 bridgehead atoms. The number of pyridine rings is 1. The number of nitrogens with zero attached hydrogens (tertiary/aromatic N) is 1. The van der Waals surface area contributed by atoms with E-state index < -0.39 is 0 Å². The Morgan fingerprint density at radius 1 is 1.68 bits per heavy atom. The predicted molar refractivity (Wildman–Crippen MR) is 77.3 cm³/mol. The fourth-order valence-corrected chi connectivity index (χ4v) is 2.69. The van der Waals surface area contributed by atoms with Gasteiger partial charge in [0.15, 0.2) is 0 Å². The summed E-state index contributed by atoms with van der Waals surface area (Å²) < 4.78 is 0. The maximum absolute atomic E-state index is 12.0. The van der Waals surface area contributed by atoms with Gasteiger partial charge in [0.2, 0.25) is 5.91 Å². The zero-order chi connectivity index (χ0) is 13.7. The van der Waals surface area contributed by atoms with Gasteiger partial charge in [-0.3, -0.25) is 4.79 Å². The van der Waals surface area contributed by atoms with Crippen LogP contribution in [0.1, 0.15) is 26.2 Å². The summed E-state index contributed by atoms with van der Waals surface area (Å²) in [6.45, 7) is 4.28. The van der Waals surface area contributed by atoms with Crippen LogP contribution in [0.25, 0.3) is 0 Å². The average molecular weight is 282 g/mol. The summed E-state index contributed by atoms with van der Waals surface area (Å²) >= 11 is 5.79. The Balaban J connectivity index is 1.83. The van der Waals surface area contributed by atoms with Gasteiger partial charge in [-0.1, -0.05) is 18.5 Å². The Morgan fingerprint density at radius 3 is 3.21 bits per heavy atom. The Bertz CT molecular complexity index is 432. The van der Waals surface area contributed by atoms with E-state index in [1.54, 1.807) is 18.3 Å². The normalized spacial score (nSPS) is 20.8. The van der Waals surface area contributed by atoms with Crippen LogP contribution < -0.4 is 10.6 Å². The maximum atomic E-state index is 12.0. The number of carbonyl (C=O) groups is 1. The first kappa shape index (κ1) is 14.3. The van der Waals surface area contributed by atoms with Crippen molar-refractivity contribution in [1.82, 2.24) is 10.3 Å². The number of piperidine rings is 1. The van der Waals surface area contributed by atoms with E-state index in [2.05, 4.69) is 22.5 Å². The van der Waals surface area contributed by atoms with Gasteiger partial charge in [-0.05, 0) is 49.9 Å². The SMILES string of the molecule is CC(CC(=O)Nc1ccnc(Cl)c1)C1CCCNC1. The van der Waals surface area contributed by atoms with Crippen molar-refractivity contribution in [3.8, 4) is 0 Å². The Labute approximate surface area is 118 Å². The first-order valence-electron chi connectivity index (χ1n) is 6.77. The molecule has 2 heterocycles. The van der Waals surface area contributed by atoms with Crippen molar-refractivity contribution in [2.24, 2.45) is 11.8 Å². The average Bonchev–Trinajstić information content (AvgIpc) is 2.39. The fraction of sp³-hybridized carbons (Fsp3) is 0.571. The van der Waals surface area contributed by atoms with Gasteiger partial charge in [-0.25, -0.2) is 4.98 Å². The second-order valence-corrected chi connectivity index (χ2v) is 5.59. The second-order valence-electron chi connectivity index (χ2n) is 5.20. The lowest BCUT2D eigenvalue weighted by atomic mass is 9.85. The quantitative estimate of drug-likeness (QED) is 0.835. The number of amides is 1. The lowest BCUT2D eigenvalue weighted by molar-refractivity contribution is -0.117. The highest BCUT2D eigenvalue weighted by atomic mass is 35.5. The van der Waals surface area contributed by atoms with Gasteiger partial charge in [0.05, 0.1) is 0 Å². The van der Waals surface area contributed by atoms with Crippen LogP contribution in [0.4, 0.5) is 5.69 Å². The van der Waals surface area contributed by atoms with E-state index in [0.29, 0.717) is 29.1 Å². The molecule has 2 unspecified atom stereocenters. The van der Waals surface area contributed by atoms with E-state index in [0.717, 1.165) is 13.1 Å². The van der Waals surface area contributed by atoms with Crippen LogP contribution in [0.5, 0.6) is 0 Å². The standard InChI is InChI=1S/C14H20ClN3O/c1-10(11-3-2-5-16-9-11)7-14(19)18-12-4-6-17-13(15)8-12/h4,6,8,10-11,16H,2-3,5,7,9H2,1H3,(H,17,18,19). The van der Waals surface area contributed by atoms with Crippen molar-refractivity contribution in [1.29, 1.82) is 0 Å². The Morgan fingerprint density at radius 2 is 2.53 bits per heavy atom. The smallest absolute Gasteiger partial charge is 0.224 e. The highest BCUT2D eigenvalue weighted by molar-refractivity contribution is 6.29. The monoisotopic (exact) mass is 281 g/mol. The molecule has 1 fully saturated rings. The summed E-state index contributed by atoms with van der Waals surface area (Å²) in [6.07, 6.45) is 4.55. The molecule has 1 aromatic rings. The molecule has 1 aromatic heterocycles. The first-order valence-corrected chi connectivity index (χ1v) is 7.15. The first-order chi connectivity index (χ1) is 9.15. The van der Waals surface area contributed by atoms with Crippen molar-refractivity contribution in [2.45, 2.75) is 26.2 Å². The molecule has 1 amide bonds. The molecule has 1 aliphatic rings. The maximum Gasteiger partial charge on any atom is 0.224 e. The largest absolute Gasteiger partial charge is 0.326 e. The number of anilines is 1. The minimum Gasteiger partial charge on any atom is -0.326 e. The van der Waals surface area contributed by atoms with Crippen LogP contribution in [-0.4, -0.2) is 24.0 Å². The summed E-state index contributed by atoms with van der Waals surface area (Å²) in [5.41, 5.74) is 0.707. The molecule has 2 rings (SSSR count). The lowest BCUT2D eigenvalue weighted by Crippen LogP contribution is -2.34. The van der Waals surface area contributed by atoms with Gasteiger partial charge < -0.3 is 10.6 Å². The van der Waals surface area contributed by atoms with Crippen molar-refractivity contribution in [2.75, 3.05) is 18.4 Å². The number of halogens is 1. The summed E-state index contributed by atoms with van der Waals surface area (Å²) in [4.78, 5) is 15.9. The summed E-state index contributed by atoms with van der Waals surface area (Å²) in [5.74, 6) is 1.03. The molecule has 1 saturated heterocycles. The second kappa shape index (κ2) is 6.87. The Hall–Kier alpha value is -1.13. The summed E-state index contributed by atoms with van der Waals surface area (Å²) in [5, 5.41) is 6.65. The highest BCUT2D eigenvalue weighted by Gasteiger charge is 2.21. The third kappa shape index (κ3) is 4.48. The van der Waals surface area contributed by atoms with E-state index in [1.165, 1.54) is 12.8 Å². The third-order valence-electron chi connectivity index (χ3n) is 3.66. The van der Waals surface area contributed by atoms with E-state index in [9.17, 15) is 4.79 Å². The molecule has 104 valence electrons. The lowest BCUT2D eigenvalue weighted by Gasteiger charge is -2.28. The van der Waals surface area contributed by atoms with Gasteiger partial charge >= 0.3 is 0 Å². The van der Waals surface area contributed by atoms with Gasteiger partial charge in [0, 0.05) is 18.3 Å². The highest BCUT2D eigenvalue weighted by Crippen LogP contribution is 2.23. The molecule has 4 nitrogen and oxygen atoms in total. The molecule has 0 aromatic carbocycles. The van der Waals surface area contributed by atoms with Crippen LogP contribution in [0.2, 0.25) is 5.15 Å². The molecular weight excluding hydrogens is 262 g/mol. The molecule has 2 atom stereocenters. The molecule has 1 aliphatic heterocycles. The van der Waals surface area contributed by atoms with Gasteiger partial charge in [0.1, 0.15) is 5.15 Å². The van der Waals surface area contributed by atoms with Gasteiger partial charge in [0.25, 0.3) is 0 Å². The molecule has 5 heteroatoms. The fourth-order valence-electron chi connectivity index (χ4n) is 2.52. The number of nitrogens with one attached hydrogen (secondary N) is 2. The molecular formula is C14H20ClN3O. The number of rotatable bonds is 4. The summed E-state index contributed by atoms with van der Waals surface area (Å²) in [6, 6.07) is 3.41. The predicted octanol–water partition coefficient (Wildman–Crippen LogP) is 2.70. The number of carbonyl (C=O) groups excluding carboxylic acids is 1. The molecule has 0 radical (unpaired) electrons. The van der Waals surface area contributed by atoms with Crippen LogP contribution in [0.15, 0.2) is 18.3 Å². The molecule has 0 aliphatic carbocycles. The minimum absolute atomic E-state index is 0.0420. The van der Waals surface area contributed by atoms with Crippen LogP contribution in [-0.2, 0) is 4.79 Å². The van der Waals surface area contributed by atoms with Crippen molar-refractivity contribution >= 4 is 23.2 Å².